The van der Waals surface area contributed by atoms with E-state index in [4.69, 9.17) is 0 Å². The van der Waals surface area contributed by atoms with Crippen LogP contribution >= 0.6 is 0 Å². The third-order valence-corrected chi connectivity index (χ3v) is 4.81. The first-order valence-corrected chi connectivity index (χ1v) is 8.84. The van der Waals surface area contributed by atoms with Gasteiger partial charge in [-0.2, -0.15) is 22.0 Å². The Bertz CT molecular complexity index is 1270. The minimum absolute atomic E-state index is 0.497. The average molecular weight is 558 g/mol. The van der Waals surface area contributed by atoms with E-state index < -0.39 is 99.6 Å². The second-order valence-corrected chi connectivity index (χ2v) is 6.76. The smallest absolute Gasteiger partial charge is 0.226 e. The van der Waals surface area contributed by atoms with E-state index in [2.05, 4.69) is 9.98 Å². The van der Waals surface area contributed by atoms with Crippen LogP contribution < -0.4 is 0 Å². The highest BCUT2D eigenvalue weighted by molar-refractivity contribution is 5.51. The van der Waals surface area contributed by atoms with Crippen LogP contribution in [-0.2, 0) is 28.3 Å². The summed E-state index contributed by atoms with van der Waals surface area (Å²) >= 11 is 0. The lowest BCUT2D eigenvalue weighted by molar-refractivity contribution is -0.324. The van der Waals surface area contributed by atoms with Crippen molar-refractivity contribution >= 4 is 12.2 Å². The molecule has 0 atom stereocenters. The lowest BCUT2D eigenvalue weighted by atomic mass is 9.76. The van der Waals surface area contributed by atoms with Crippen molar-refractivity contribution in [1.82, 2.24) is 0 Å². The van der Waals surface area contributed by atoms with Crippen molar-refractivity contribution in [1.29, 1.82) is 0 Å². The summed E-state index contributed by atoms with van der Waals surface area (Å²) in [4.78, 5) is 25.4. The van der Waals surface area contributed by atoms with Gasteiger partial charge < -0.3 is 0 Å². The molecule has 0 aliphatic rings. The summed E-state index contributed by atoms with van der Waals surface area (Å²) in [5.74, 6) is -32.5. The van der Waals surface area contributed by atoms with Crippen LogP contribution in [0.4, 0.5) is 61.5 Å². The maximum Gasteiger partial charge on any atom is 0.457 e. The molecule has 37 heavy (non-hydrogen) atoms. The number of benzene rings is 2. The van der Waals surface area contributed by atoms with Crippen LogP contribution in [0.2, 0.25) is 0 Å². The van der Waals surface area contributed by atoms with Gasteiger partial charge in [-0.25, -0.2) is 59.1 Å². The predicted octanol–water partition coefficient (Wildman–Crippen LogP) is 5.88. The molecule has 2 rings (SSSR count). The molecular formula is C19H4F14N2O2. The molecule has 0 amide bonds. The summed E-state index contributed by atoms with van der Waals surface area (Å²) in [7, 11) is 0. The van der Waals surface area contributed by atoms with E-state index in [-0.39, 0.29) is 0 Å². The maximum atomic E-state index is 16.3. The molecule has 2 aromatic carbocycles. The van der Waals surface area contributed by atoms with Gasteiger partial charge in [-0.15, -0.1) is 0 Å². The molecule has 200 valence electrons. The molecule has 0 fully saturated rings. The fourth-order valence-electron chi connectivity index (χ4n) is 3.23. The van der Waals surface area contributed by atoms with E-state index >= 15 is 4.39 Å². The van der Waals surface area contributed by atoms with Gasteiger partial charge in [0, 0.05) is 22.3 Å². The summed E-state index contributed by atoms with van der Waals surface area (Å²) in [6.45, 7) is -4.12. The highest BCUT2D eigenvalue weighted by atomic mass is 19.4. The van der Waals surface area contributed by atoms with Crippen LogP contribution in [0.5, 0.6) is 0 Å². The number of nitrogens with zero attached hydrogens (tertiary/aromatic N) is 2. The van der Waals surface area contributed by atoms with Crippen LogP contribution in [0.3, 0.4) is 0 Å². The number of rotatable bonds is 7. The van der Waals surface area contributed by atoms with Crippen molar-refractivity contribution < 1.29 is 71.1 Å². The van der Waals surface area contributed by atoms with Gasteiger partial charge >= 0.3 is 12.1 Å². The largest absolute Gasteiger partial charge is 0.457 e. The Morgan fingerprint density at radius 3 is 1.08 bits per heavy atom. The first kappa shape index (κ1) is 29.5. The Hall–Kier alpha value is -3.78. The summed E-state index contributed by atoms with van der Waals surface area (Å²) in [5, 5.41) is 0. The SMILES string of the molecule is O=C=NCc1c(F)c(F)c(F)c(F)c1C(F)(c1c(F)c(F)c(F)c(F)c1CN=C=O)C(F)(F)C(F)(F)F. The van der Waals surface area contributed by atoms with E-state index in [9.17, 15) is 66.7 Å². The third-order valence-electron chi connectivity index (χ3n) is 4.81. The van der Waals surface area contributed by atoms with Gasteiger partial charge in [0.15, 0.2) is 46.5 Å². The van der Waals surface area contributed by atoms with Crippen LogP contribution in [0.25, 0.3) is 0 Å². The number of hydrogen-bond donors (Lipinski definition) is 0. The Balaban J connectivity index is 3.43. The predicted molar refractivity (Wildman–Crippen MR) is 89.1 cm³/mol. The van der Waals surface area contributed by atoms with Crippen LogP contribution in [-0.4, -0.2) is 24.3 Å². The zero-order chi connectivity index (χ0) is 28.7. The number of halogens is 14. The number of isocyanates is 2. The molecule has 0 aliphatic heterocycles. The molecule has 0 aromatic heterocycles. The normalized spacial score (nSPS) is 13.6. The quantitative estimate of drug-likeness (QED) is 0.140. The Labute approximate surface area is 193 Å². The standard InChI is InChI=1S/C19H4F14N2O2/c20-9-5(1-34-3-36)7(11(22)15(26)13(9)24)17(28,18(29,30)19(31,32)33)8-6(2-35-4-37)10(21)14(25)16(27)12(8)23/h1-2H2. The molecule has 2 aromatic rings. The third kappa shape index (κ3) is 4.35. The van der Waals surface area contributed by atoms with Gasteiger partial charge in [0.25, 0.3) is 0 Å². The summed E-state index contributed by atoms with van der Waals surface area (Å²) in [6.07, 6.45) is -6.33. The highest BCUT2D eigenvalue weighted by Gasteiger charge is 2.75. The first-order chi connectivity index (χ1) is 16.9. The first-order valence-electron chi connectivity index (χ1n) is 8.84. The Morgan fingerprint density at radius 1 is 0.514 bits per heavy atom. The molecular weight excluding hydrogens is 554 g/mol. The lowest BCUT2D eigenvalue weighted by Crippen LogP contribution is -2.55. The Morgan fingerprint density at radius 2 is 0.811 bits per heavy atom. The topological polar surface area (TPSA) is 58.9 Å². The molecule has 4 nitrogen and oxygen atoms in total. The molecule has 0 heterocycles. The summed E-state index contributed by atoms with van der Waals surface area (Å²) in [6, 6.07) is 0. The van der Waals surface area contributed by atoms with E-state index in [0.717, 1.165) is 0 Å². The monoisotopic (exact) mass is 558 g/mol. The van der Waals surface area contributed by atoms with Gasteiger partial charge in [-0.05, 0) is 0 Å². The molecule has 0 aliphatic carbocycles. The van der Waals surface area contributed by atoms with Crippen LogP contribution in [0.1, 0.15) is 22.3 Å². The molecule has 0 N–H and O–H groups in total. The fraction of sp³-hybridized carbons (Fsp3) is 0.263. The van der Waals surface area contributed by atoms with Gasteiger partial charge in [0.05, 0.1) is 13.1 Å². The van der Waals surface area contributed by atoms with Crippen LogP contribution in [0, 0.1) is 46.5 Å². The van der Waals surface area contributed by atoms with Crippen LogP contribution in [0.15, 0.2) is 9.98 Å². The molecule has 0 radical (unpaired) electrons. The zero-order valence-electron chi connectivity index (χ0n) is 16.9. The molecule has 0 spiro atoms. The second-order valence-electron chi connectivity index (χ2n) is 6.76. The molecule has 0 saturated heterocycles. The number of aliphatic imine (C=N–C) groups is 2. The van der Waals surface area contributed by atoms with Crippen molar-refractivity contribution in [2.24, 2.45) is 9.98 Å². The number of hydrogen-bond acceptors (Lipinski definition) is 4. The fourth-order valence-corrected chi connectivity index (χ4v) is 3.23. The van der Waals surface area contributed by atoms with E-state index in [0.29, 0.717) is 12.2 Å². The minimum Gasteiger partial charge on any atom is -0.226 e. The van der Waals surface area contributed by atoms with E-state index in [1.54, 1.807) is 0 Å². The number of carbonyl (C=O) groups excluding carboxylic acids is 2. The summed E-state index contributed by atoms with van der Waals surface area (Å²) < 4.78 is 199. The van der Waals surface area contributed by atoms with E-state index in [1.165, 1.54) is 0 Å². The lowest BCUT2D eigenvalue weighted by Gasteiger charge is -2.37. The van der Waals surface area contributed by atoms with Gasteiger partial charge in [-0.1, -0.05) is 0 Å². The Kier molecular flexibility index (Phi) is 7.91. The maximum absolute atomic E-state index is 16.3. The van der Waals surface area contributed by atoms with Crippen molar-refractivity contribution in [3.63, 3.8) is 0 Å². The average Bonchev–Trinajstić information content (AvgIpc) is 2.82. The molecule has 0 saturated carbocycles. The van der Waals surface area contributed by atoms with E-state index in [1.807, 2.05) is 0 Å². The molecule has 0 unspecified atom stereocenters. The minimum atomic E-state index is -7.33. The second kappa shape index (κ2) is 9.94. The van der Waals surface area contributed by atoms with Crippen molar-refractivity contribution in [2.45, 2.75) is 30.9 Å². The highest BCUT2D eigenvalue weighted by Crippen LogP contribution is 2.58. The van der Waals surface area contributed by atoms with Gasteiger partial charge in [-0.3, -0.25) is 0 Å². The number of alkyl halides is 6. The van der Waals surface area contributed by atoms with Crippen molar-refractivity contribution in [3.05, 3.63) is 68.8 Å². The van der Waals surface area contributed by atoms with Crippen molar-refractivity contribution in [2.75, 3.05) is 0 Å². The van der Waals surface area contributed by atoms with Crippen molar-refractivity contribution in [3.8, 4) is 0 Å². The molecule has 0 bridgehead atoms. The zero-order valence-corrected chi connectivity index (χ0v) is 16.9. The molecule has 18 heteroatoms. The van der Waals surface area contributed by atoms with Gasteiger partial charge in [0.1, 0.15) is 0 Å². The van der Waals surface area contributed by atoms with Gasteiger partial charge in [0.2, 0.25) is 17.8 Å². The summed E-state index contributed by atoms with van der Waals surface area (Å²) in [5.41, 5.74) is -17.9.